The maximum absolute atomic E-state index is 8.97. The first kappa shape index (κ1) is 14.8. The monoisotopic (exact) mass is 283 g/mol. The van der Waals surface area contributed by atoms with Gasteiger partial charge in [-0.05, 0) is 24.1 Å². The van der Waals surface area contributed by atoms with Crippen LogP contribution in [0.4, 0.5) is 0 Å². The number of hydrogen-bond acceptors (Lipinski definition) is 5. The predicted octanol–water partition coefficient (Wildman–Crippen LogP) is 3.16. The van der Waals surface area contributed by atoms with Crippen molar-refractivity contribution in [3.8, 4) is 28.8 Å². The lowest BCUT2D eigenvalue weighted by Crippen LogP contribution is -2.02. The van der Waals surface area contributed by atoms with Gasteiger partial charge >= 0.3 is 0 Å². The Morgan fingerprint density at radius 2 is 1.86 bits per heavy atom. The third-order valence-corrected chi connectivity index (χ3v) is 3.12. The molecule has 21 heavy (non-hydrogen) atoms. The van der Waals surface area contributed by atoms with Crippen LogP contribution in [-0.4, -0.2) is 24.2 Å². The van der Waals surface area contributed by atoms with E-state index in [1.165, 1.54) is 6.20 Å². The summed E-state index contributed by atoms with van der Waals surface area (Å²) in [6.45, 7) is 4.05. The lowest BCUT2D eigenvalue weighted by molar-refractivity contribution is 0.355. The predicted molar refractivity (Wildman–Crippen MR) is 79.4 cm³/mol. The van der Waals surface area contributed by atoms with Crippen molar-refractivity contribution in [1.29, 1.82) is 5.26 Å². The highest BCUT2D eigenvalue weighted by molar-refractivity contribution is 5.66. The number of methoxy groups -OCH3 is 2. The number of rotatable bonds is 4. The second-order valence-corrected chi connectivity index (χ2v) is 4.83. The molecule has 0 amide bonds. The molecule has 2 aromatic rings. The summed E-state index contributed by atoms with van der Waals surface area (Å²) in [6.07, 6.45) is 1.48. The molecule has 5 nitrogen and oxygen atoms in total. The fourth-order valence-electron chi connectivity index (χ4n) is 2.07. The van der Waals surface area contributed by atoms with Gasteiger partial charge in [0, 0.05) is 5.56 Å². The summed E-state index contributed by atoms with van der Waals surface area (Å²) >= 11 is 0. The van der Waals surface area contributed by atoms with Gasteiger partial charge in [0.1, 0.15) is 6.07 Å². The van der Waals surface area contributed by atoms with Crippen molar-refractivity contribution in [1.82, 2.24) is 9.97 Å². The van der Waals surface area contributed by atoms with Crippen LogP contribution >= 0.6 is 0 Å². The van der Waals surface area contributed by atoms with E-state index in [0.717, 1.165) is 17.0 Å². The number of ether oxygens (including phenoxy) is 2. The first-order valence-corrected chi connectivity index (χ1v) is 6.60. The molecule has 108 valence electrons. The molecular formula is C16H17N3O2. The van der Waals surface area contributed by atoms with Crippen LogP contribution in [0.25, 0.3) is 11.3 Å². The number of aromatic nitrogens is 2. The van der Waals surface area contributed by atoms with Gasteiger partial charge < -0.3 is 9.47 Å². The average molecular weight is 283 g/mol. The largest absolute Gasteiger partial charge is 0.493 e. The fourth-order valence-corrected chi connectivity index (χ4v) is 2.07. The Labute approximate surface area is 124 Å². The topological polar surface area (TPSA) is 68.0 Å². The Kier molecular flexibility index (Phi) is 4.39. The lowest BCUT2D eigenvalue weighted by Gasteiger charge is -2.13. The molecule has 0 saturated carbocycles. The van der Waals surface area contributed by atoms with E-state index in [2.05, 4.69) is 9.97 Å². The molecular weight excluding hydrogens is 266 g/mol. The van der Waals surface area contributed by atoms with Gasteiger partial charge in [0.15, 0.2) is 17.2 Å². The number of nitriles is 1. The summed E-state index contributed by atoms with van der Waals surface area (Å²) in [7, 11) is 3.19. The minimum absolute atomic E-state index is 0.161. The highest BCUT2D eigenvalue weighted by atomic mass is 16.5. The van der Waals surface area contributed by atoms with Crippen molar-refractivity contribution in [3.63, 3.8) is 0 Å². The van der Waals surface area contributed by atoms with E-state index in [4.69, 9.17) is 14.7 Å². The first-order chi connectivity index (χ1) is 10.1. The highest BCUT2D eigenvalue weighted by Gasteiger charge is 2.15. The Bertz CT molecular complexity index is 690. The normalized spacial score (nSPS) is 10.3. The quantitative estimate of drug-likeness (QED) is 0.862. The molecule has 0 N–H and O–H groups in total. The van der Waals surface area contributed by atoms with Crippen LogP contribution in [0.1, 0.15) is 31.2 Å². The number of nitrogens with zero attached hydrogens (tertiary/aromatic N) is 3. The zero-order valence-electron chi connectivity index (χ0n) is 12.5. The smallest absolute Gasteiger partial charge is 0.161 e. The SMILES string of the molecule is COc1ccc(-c2ncc(C#N)nc2C(C)C)cc1OC. The molecule has 1 heterocycles. The minimum atomic E-state index is 0.161. The summed E-state index contributed by atoms with van der Waals surface area (Å²) in [5.74, 6) is 1.46. The second kappa shape index (κ2) is 6.23. The van der Waals surface area contributed by atoms with Gasteiger partial charge in [0.05, 0.1) is 31.8 Å². The van der Waals surface area contributed by atoms with Gasteiger partial charge in [-0.2, -0.15) is 5.26 Å². The Hall–Kier alpha value is -2.61. The van der Waals surface area contributed by atoms with Crippen LogP contribution in [0.3, 0.4) is 0 Å². The van der Waals surface area contributed by atoms with E-state index in [0.29, 0.717) is 17.2 Å². The Balaban J connectivity index is 2.59. The first-order valence-electron chi connectivity index (χ1n) is 6.60. The van der Waals surface area contributed by atoms with E-state index in [9.17, 15) is 0 Å². The second-order valence-electron chi connectivity index (χ2n) is 4.83. The molecule has 1 aromatic heterocycles. The van der Waals surface area contributed by atoms with Gasteiger partial charge in [0.25, 0.3) is 0 Å². The zero-order chi connectivity index (χ0) is 15.4. The van der Waals surface area contributed by atoms with Crippen molar-refractivity contribution >= 4 is 0 Å². The lowest BCUT2D eigenvalue weighted by atomic mass is 10.0. The molecule has 1 aromatic carbocycles. The summed E-state index contributed by atoms with van der Waals surface area (Å²) in [4.78, 5) is 8.76. The van der Waals surface area contributed by atoms with Crippen LogP contribution in [0.15, 0.2) is 24.4 Å². The molecule has 0 unspecified atom stereocenters. The molecule has 2 rings (SSSR count). The van der Waals surface area contributed by atoms with Crippen molar-refractivity contribution in [2.24, 2.45) is 0 Å². The number of benzene rings is 1. The highest BCUT2D eigenvalue weighted by Crippen LogP contribution is 2.33. The zero-order valence-corrected chi connectivity index (χ0v) is 12.5. The van der Waals surface area contributed by atoms with Crippen LogP contribution in [0.5, 0.6) is 11.5 Å². The molecule has 0 bridgehead atoms. The van der Waals surface area contributed by atoms with Crippen molar-refractivity contribution < 1.29 is 9.47 Å². The van der Waals surface area contributed by atoms with Gasteiger partial charge in [-0.15, -0.1) is 0 Å². The van der Waals surface area contributed by atoms with E-state index in [1.54, 1.807) is 14.2 Å². The third-order valence-electron chi connectivity index (χ3n) is 3.12. The molecule has 0 aliphatic rings. The van der Waals surface area contributed by atoms with Crippen LogP contribution < -0.4 is 9.47 Å². The van der Waals surface area contributed by atoms with E-state index in [-0.39, 0.29) is 5.92 Å². The summed E-state index contributed by atoms with van der Waals surface area (Å²) in [6, 6.07) is 7.62. The Morgan fingerprint density at radius 1 is 1.14 bits per heavy atom. The van der Waals surface area contributed by atoms with E-state index < -0.39 is 0 Å². The molecule has 0 aliphatic heterocycles. The van der Waals surface area contributed by atoms with E-state index in [1.807, 2.05) is 38.1 Å². The van der Waals surface area contributed by atoms with Crippen LogP contribution in [0, 0.1) is 11.3 Å². The molecule has 0 fully saturated rings. The maximum Gasteiger partial charge on any atom is 0.161 e. The minimum Gasteiger partial charge on any atom is -0.493 e. The maximum atomic E-state index is 8.97. The summed E-state index contributed by atoms with van der Waals surface area (Å²) in [5, 5.41) is 8.97. The molecule has 5 heteroatoms. The van der Waals surface area contributed by atoms with Crippen LogP contribution in [-0.2, 0) is 0 Å². The molecule has 0 saturated heterocycles. The number of hydrogen-bond donors (Lipinski definition) is 0. The average Bonchev–Trinajstić information content (AvgIpc) is 2.53. The summed E-state index contributed by atoms with van der Waals surface area (Å²) < 4.78 is 10.6. The molecule has 0 aliphatic carbocycles. The van der Waals surface area contributed by atoms with Crippen molar-refractivity contribution in [2.75, 3.05) is 14.2 Å². The van der Waals surface area contributed by atoms with Crippen molar-refractivity contribution in [3.05, 3.63) is 35.8 Å². The van der Waals surface area contributed by atoms with Gasteiger partial charge in [-0.3, -0.25) is 4.98 Å². The standard InChI is InChI=1S/C16H17N3O2/c1-10(2)15-16(18-9-12(8-17)19-15)11-5-6-13(20-3)14(7-11)21-4/h5-7,9-10H,1-4H3. The fraction of sp³-hybridized carbons (Fsp3) is 0.312. The molecule has 0 atom stereocenters. The summed E-state index contributed by atoms with van der Waals surface area (Å²) in [5.41, 5.74) is 2.75. The molecule has 0 spiro atoms. The van der Waals surface area contributed by atoms with Gasteiger partial charge in [-0.1, -0.05) is 13.8 Å². The van der Waals surface area contributed by atoms with E-state index >= 15 is 0 Å². The van der Waals surface area contributed by atoms with Crippen LogP contribution in [0.2, 0.25) is 0 Å². The third kappa shape index (κ3) is 2.95. The Morgan fingerprint density at radius 3 is 2.43 bits per heavy atom. The molecule has 0 radical (unpaired) electrons. The van der Waals surface area contributed by atoms with Gasteiger partial charge in [0.2, 0.25) is 0 Å². The van der Waals surface area contributed by atoms with Gasteiger partial charge in [-0.25, -0.2) is 4.98 Å². The van der Waals surface area contributed by atoms with Crippen molar-refractivity contribution in [2.45, 2.75) is 19.8 Å².